The van der Waals surface area contributed by atoms with Crippen LogP contribution in [0.5, 0.6) is 0 Å². The number of rotatable bonds is 4. The molecule has 1 aromatic carbocycles. The quantitative estimate of drug-likeness (QED) is 0.941. The second-order valence-electron chi connectivity index (χ2n) is 5.28. The Balaban J connectivity index is 2.25. The summed E-state index contributed by atoms with van der Waals surface area (Å²) in [4.78, 5) is 20.4. The lowest BCUT2D eigenvalue weighted by molar-refractivity contribution is 0.102. The van der Waals surface area contributed by atoms with Crippen LogP contribution in [0.2, 0.25) is 5.02 Å². The number of amides is 1. The van der Waals surface area contributed by atoms with Crippen molar-refractivity contribution in [1.82, 2.24) is 4.98 Å². The molecule has 0 radical (unpaired) electrons. The van der Waals surface area contributed by atoms with E-state index in [2.05, 4.69) is 10.3 Å². The minimum atomic E-state index is -0.217. The van der Waals surface area contributed by atoms with Crippen molar-refractivity contribution in [3.63, 3.8) is 0 Å². The van der Waals surface area contributed by atoms with Crippen molar-refractivity contribution in [2.75, 3.05) is 43.3 Å². The Morgan fingerprint density at radius 3 is 2.45 bits per heavy atom. The molecule has 1 N–H and O–H groups in total. The average molecular weight is 319 g/mol. The second-order valence-corrected chi connectivity index (χ2v) is 5.69. The van der Waals surface area contributed by atoms with Gasteiger partial charge in [-0.25, -0.2) is 4.98 Å². The smallest absolute Gasteiger partial charge is 0.259 e. The van der Waals surface area contributed by atoms with E-state index in [1.165, 1.54) is 0 Å². The van der Waals surface area contributed by atoms with Crippen molar-refractivity contribution in [1.29, 1.82) is 0 Å². The van der Waals surface area contributed by atoms with Crippen molar-refractivity contribution in [2.45, 2.75) is 0 Å². The highest BCUT2D eigenvalue weighted by atomic mass is 35.5. The molecule has 0 fully saturated rings. The third kappa shape index (κ3) is 3.49. The highest BCUT2D eigenvalue weighted by Crippen LogP contribution is 2.28. The molecule has 1 amide bonds. The van der Waals surface area contributed by atoms with Gasteiger partial charge in [0.15, 0.2) is 0 Å². The van der Waals surface area contributed by atoms with Crippen molar-refractivity contribution < 1.29 is 4.79 Å². The minimum absolute atomic E-state index is 0.217. The van der Waals surface area contributed by atoms with Gasteiger partial charge < -0.3 is 15.1 Å². The van der Waals surface area contributed by atoms with Crippen molar-refractivity contribution in [3.8, 4) is 0 Å². The standard InChI is InChI=1S/C16H19ClN4O/c1-20(2)14-8-7-11(10-13(14)17)19-16(22)12-6-5-9-18-15(12)21(3)4/h5-10H,1-4H3,(H,19,22). The number of pyridine rings is 1. The summed E-state index contributed by atoms with van der Waals surface area (Å²) in [5.41, 5.74) is 2.06. The zero-order valence-electron chi connectivity index (χ0n) is 13.1. The van der Waals surface area contributed by atoms with Gasteiger partial charge in [0.25, 0.3) is 5.91 Å². The van der Waals surface area contributed by atoms with Crippen LogP contribution in [-0.4, -0.2) is 39.1 Å². The van der Waals surface area contributed by atoms with E-state index in [-0.39, 0.29) is 5.91 Å². The van der Waals surface area contributed by atoms with Gasteiger partial charge in [-0.3, -0.25) is 4.79 Å². The fraction of sp³-hybridized carbons (Fsp3) is 0.250. The Labute approximate surface area is 135 Å². The molecule has 1 heterocycles. The van der Waals surface area contributed by atoms with Crippen LogP contribution >= 0.6 is 11.6 Å². The molecule has 6 heteroatoms. The van der Waals surface area contributed by atoms with Crippen LogP contribution in [0.4, 0.5) is 17.2 Å². The number of hydrogen-bond acceptors (Lipinski definition) is 4. The summed E-state index contributed by atoms with van der Waals surface area (Å²) in [5, 5.41) is 3.44. The maximum atomic E-state index is 12.4. The number of anilines is 3. The maximum absolute atomic E-state index is 12.4. The first-order valence-corrected chi connectivity index (χ1v) is 7.18. The lowest BCUT2D eigenvalue weighted by Gasteiger charge is -2.17. The number of aromatic nitrogens is 1. The number of benzene rings is 1. The second kappa shape index (κ2) is 6.66. The summed E-state index contributed by atoms with van der Waals surface area (Å²) in [5.74, 6) is 0.404. The number of carbonyl (C=O) groups is 1. The normalized spacial score (nSPS) is 10.2. The fourth-order valence-corrected chi connectivity index (χ4v) is 2.43. The highest BCUT2D eigenvalue weighted by Gasteiger charge is 2.14. The molecule has 0 aliphatic rings. The molecule has 22 heavy (non-hydrogen) atoms. The topological polar surface area (TPSA) is 48.5 Å². The first-order valence-electron chi connectivity index (χ1n) is 6.80. The lowest BCUT2D eigenvalue weighted by atomic mass is 10.2. The fourth-order valence-electron chi connectivity index (χ4n) is 2.08. The van der Waals surface area contributed by atoms with Gasteiger partial charge in [-0.2, -0.15) is 0 Å². The molecule has 1 aromatic heterocycles. The van der Waals surface area contributed by atoms with E-state index in [1.54, 1.807) is 29.3 Å². The Morgan fingerprint density at radius 2 is 1.86 bits per heavy atom. The zero-order chi connectivity index (χ0) is 16.3. The van der Waals surface area contributed by atoms with Crippen molar-refractivity contribution in [3.05, 3.63) is 47.1 Å². The molecule has 2 rings (SSSR count). The van der Waals surface area contributed by atoms with Gasteiger partial charge in [-0.15, -0.1) is 0 Å². The number of halogens is 1. The van der Waals surface area contributed by atoms with E-state index >= 15 is 0 Å². The number of nitrogens with one attached hydrogen (secondary N) is 1. The van der Waals surface area contributed by atoms with Crippen LogP contribution in [0.15, 0.2) is 36.5 Å². The van der Waals surface area contributed by atoms with E-state index in [4.69, 9.17) is 11.6 Å². The van der Waals surface area contributed by atoms with Gasteiger partial charge >= 0.3 is 0 Å². The van der Waals surface area contributed by atoms with Gasteiger partial charge in [0.1, 0.15) is 5.82 Å². The monoisotopic (exact) mass is 318 g/mol. The van der Waals surface area contributed by atoms with Gasteiger partial charge in [0.05, 0.1) is 16.3 Å². The predicted octanol–water partition coefficient (Wildman–Crippen LogP) is 3.12. The molecule has 0 spiro atoms. The number of carbonyl (C=O) groups excluding carboxylic acids is 1. The molecule has 0 atom stereocenters. The lowest BCUT2D eigenvalue weighted by Crippen LogP contribution is -2.19. The third-order valence-corrected chi connectivity index (χ3v) is 3.45. The van der Waals surface area contributed by atoms with Crippen LogP contribution in [0.3, 0.4) is 0 Å². The third-order valence-electron chi connectivity index (χ3n) is 3.14. The zero-order valence-corrected chi connectivity index (χ0v) is 13.8. The highest BCUT2D eigenvalue weighted by molar-refractivity contribution is 6.33. The van der Waals surface area contributed by atoms with Crippen LogP contribution in [0.25, 0.3) is 0 Å². The average Bonchev–Trinajstić information content (AvgIpc) is 2.46. The summed E-state index contributed by atoms with van der Waals surface area (Å²) in [6, 6.07) is 8.91. The summed E-state index contributed by atoms with van der Waals surface area (Å²) >= 11 is 6.22. The molecular formula is C16H19ClN4O. The molecule has 0 aliphatic carbocycles. The van der Waals surface area contributed by atoms with Crippen LogP contribution in [0, 0.1) is 0 Å². The number of hydrogen-bond donors (Lipinski definition) is 1. The molecule has 0 saturated carbocycles. The summed E-state index contributed by atoms with van der Waals surface area (Å²) in [7, 11) is 7.53. The number of nitrogens with zero attached hydrogens (tertiary/aromatic N) is 3. The maximum Gasteiger partial charge on any atom is 0.259 e. The molecule has 0 aliphatic heterocycles. The van der Waals surface area contributed by atoms with Gasteiger partial charge in [0, 0.05) is 40.1 Å². The van der Waals surface area contributed by atoms with Crippen LogP contribution < -0.4 is 15.1 Å². The van der Waals surface area contributed by atoms with Crippen LogP contribution in [0.1, 0.15) is 10.4 Å². The van der Waals surface area contributed by atoms with E-state index in [9.17, 15) is 4.79 Å². The molecule has 0 unspecified atom stereocenters. The van der Waals surface area contributed by atoms with E-state index in [1.807, 2.05) is 45.2 Å². The molecule has 0 bridgehead atoms. The van der Waals surface area contributed by atoms with Gasteiger partial charge in [-0.1, -0.05) is 11.6 Å². The van der Waals surface area contributed by atoms with Crippen molar-refractivity contribution in [2.24, 2.45) is 0 Å². The van der Waals surface area contributed by atoms with E-state index < -0.39 is 0 Å². The first-order chi connectivity index (χ1) is 10.4. The molecule has 0 saturated heterocycles. The molecule has 2 aromatic rings. The SMILES string of the molecule is CN(C)c1ccc(NC(=O)c2cccnc2N(C)C)cc1Cl. The largest absolute Gasteiger partial charge is 0.376 e. The molecule has 116 valence electrons. The summed E-state index contributed by atoms with van der Waals surface area (Å²) in [6.07, 6.45) is 1.66. The summed E-state index contributed by atoms with van der Waals surface area (Å²) in [6.45, 7) is 0. The Kier molecular flexibility index (Phi) is 4.88. The molecular weight excluding hydrogens is 300 g/mol. The Hall–Kier alpha value is -2.27. The van der Waals surface area contributed by atoms with E-state index in [0.717, 1.165) is 5.69 Å². The Bertz CT molecular complexity index is 686. The van der Waals surface area contributed by atoms with E-state index in [0.29, 0.717) is 22.1 Å². The Morgan fingerprint density at radius 1 is 1.14 bits per heavy atom. The van der Waals surface area contributed by atoms with Crippen molar-refractivity contribution >= 4 is 34.7 Å². The summed E-state index contributed by atoms with van der Waals surface area (Å²) < 4.78 is 0. The van der Waals surface area contributed by atoms with Gasteiger partial charge in [0.2, 0.25) is 0 Å². The molecule has 5 nitrogen and oxygen atoms in total. The first kappa shape index (κ1) is 16.1. The van der Waals surface area contributed by atoms with Crippen LogP contribution in [-0.2, 0) is 0 Å². The predicted molar refractivity (Wildman–Crippen MR) is 92.3 cm³/mol. The minimum Gasteiger partial charge on any atom is -0.376 e. The van der Waals surface area contributed by atoms with Gasteiger partial charge in [-0.05, 0) is 30.3 Å².